The number of ether oxygens (including phenoxy) is 2. The normalized spacial score (nSPS) is 9.71. The van der Waals surface area contributed by atoms with Crippen molar-refractivity contribution in [2.24, 2.45) is 10.2 Å². The number of nitrogens with zero attached hydrogens (tertiary/aromatic N) is 6. The fraction of sp³-hybridized carbons (Fsp3) is 0.300. The Kier molecular flexibility index (Phi) is 31.2. The van der Waals surface area contributed by atoms with Crippen molar-refractivity contribution in [1.82, 2.24) is 0 Å². The van der Waals surface area contributed by atoms with Crippen LogP contribution in [0.5, 0.6) is 11.5 Å². The molecule has 0 N–H and O–H groups in total. The highest BCUT2D eigenvalue weighted by molar-refractivity contribution is 9.09. The first kappa shape index (κ1) is 52.4. The summed E-state index contributed by atoms with van der Waals surface area (Å²) >= 11 is 27.4. The first-order valence-electron chi connectivity index (χ1n) is 16.7. The van der Waals surface area contributed by atoms with Crippen molar-refractivity contribution in [3.8, 4) is 11.5 Å². The Hall–Kier alpha value is -1.58. The summed E-state index contributed by atoms with van der Waals surface area (Å²) in [6, 6.07) is 24.6. The molecule has 0 bridgehead atoms. The zero-order valence-electron chi connectivity index (χ0n) is 30.5. The van der Waals surface area contributed by atoms with Crippen LogP contribution in [0.25, 0.3) is 20.9 Å². The second-order valence-electron chi connectivity index (χ2n) is 11.1. The number of alkyl halides is 8. The maximum absolute atomic E-state index is 8.29. The van der Waals surface area contributed by atoms with Crippen LogP contribution in [0.3, 0.4) is 0 Å². The van der Waals surface area contributed by atoms with Gasteiger partial charge in [-0.3, -0.25) is 0 Å². The minimum absolute atomic E-state index is 0.414. The van der Waals surface area contributed by atoms with Gasteiger partial charge >= 0.3 is 0 Å². The molecular formula is C40H42Br8N6O2. The van der Waals surface area contributed by atoms with E-state index in [-0.39, 0.29) is 0 Å². The van der Waals surface area contributed by atoms with Gasteiger partial charge in [-0.05, 0) is 67.7 Å². The third-order valence-corrected chi connectivity index (χ3v) is 12.2. The molecule has 0 aliphatic carbocycles. The SMILES string of the molecule is C=CCOc1c(CBr)cccc1CBr.C=CCOc1cc(CBr)cc(CBr)c1.[N-]=[N+]=NCc1c(CBr)cccc1CBr.[N-]=[N+]=NCc1cc(CBr)cc(CBr)c1. The van der Waals surface area contributed by atoms with Crippen molar-refractivity contribution in [3.63, 3.8) is 0 Å². The molecule has 4 aromatic carbocycles. The van der Waals surface area contributed by atoms with E-state index < -0.39 is 0 Å². The van der Waals surface area contributed by atoms with Crippen LogP contribution in [0, 0.1) is 0 Å². The molecule has 0 saturated carbocycles. The van der Waals surface area contributed by atoms with E-state index in [0.717, 1.165) is 65.3 Å². The standard InChI is InChI=1S/2C11H12Br2O.2C9H9Br2N3/c1-2-6-14-11-9(7-12)4-3-5-10(11)8-13;1-2-3-14-11-5-9(7-12)4-10(6-11)8-13;10-4-7-1-8(5-11)3-9(2-7)6-13-14-12;10-4-7-2-1-3-8(5-11)9(7)6-13-14-12/h2-5H,1,6-8H2;2,4-6H,1,3,7-8H2;2*1-3H,4-6H2. The molecular weight excluding hydrogens is 1240 g/mol. The molecule has 8 nitrogen and oxygen atoms in total. The smallest absolute Gasteiger partial charge is 0.127 e. The summed E-state index contributed by atoms with van der Waals surface area (Å²) in [6.07, 6.45) is 3.50. The maximum atomic E-state index is 8.29. The molecule has 0 aliphatic rings. The van der Waals surface area contributed by atoms with Gasteiger partial charge < -0.3 is 9.47 Å². The van der Waals surface area contributed by atoms with Crippen LogP contribution in [0.2, 0.25) is 0 Å². The van der Waals surface area contributed by atoms with E-state index in [0.29, 0.717) is 26.3 Å². The molecule has 0 saturated heterocycles. The summed E-state index contributed by atoms with van der Waals surface area (Å²) < 4.78 is 11.1. The lowest BCUT2D eigenvalue weighted by atomic mass is 10.0. The molecule has 0 spiro atoms. The Labute approximate surface area is 398 Å². The molecule has 16 heteroatoms. The van der Waals surface area contributed by atoms with Crippen molar-refractivity contribution in [3.05, 3.63) is 175 Å². The predicted molar refractivity (Wildman–Crippen MR) is 264 cm³/mol. The summed E-state index contributed by atoms with van der Waals surface area (Å²) in [5.74, 6) is 1.86. The van der Waals surface area contributed by atoms with E-state index in [1.165, 1.54) is 44.5 Å². The summed E-state index contributed by atoms with van der Waals surface area (Å²) in [4.78, 5) is 5.52. The van der Waals surface area contributed by atoms with Gasteiger partial charge in [0.05, 0.1) is 13.1 Å². The highest BCUT2D eigenvalue weighted by Crippen LogP contribution is 2.28. The molecule has 0 heterocycles. The van der Waals surface area contributed by atoms with E-state index in [2.05, 4.69) is 185 Å². The average molecular weight is 1280 g/mol. The molecule has 0 amide bonds. The fourth-order valence-electron chi connectivity index (χ4n) is 4.74. The number of hydrogen-bond donors (Lipinski definition) is 0. The summed E-state index contributed by atoms with van der Waals surface area (Å²) in [7, 11) is 0. The molecule has 0 aliphatic heterocycles. The van der Waals surface area contributed by atoms with Gasteiger partial charge in [0.15, 0.2) is 0 Å². The highest BCUT2D eigenvalue weighted by atomic mass is 79.9. The maximum Gasteiger partial charge on any atom is 0.127 e. The average Bonchev–Trinajstić information content (AvgIpc) is 3.25. The van der Waals surface area contributed by atoms with E-state index in [9.17, 15) is 0 Å². The molecule has 4 rings (SSSR count). The Morgan fingerprint density at radius 3 is 1.27 bits per heavy atom. The molecule has 300 valence electrons. The van der Waals surface area contributed by atoms with Gasteiger partial charge in [0.2, 0.25) is 0 Å². The molecule has 0 unspecified atom stereocenters. The van der Waals surface area contributed by atoms with Crippen LogP contribution >= 0.6 is 127 Å². The number of azide groups is 2. The molecule has 0 aromatic heterocycles. The minimum Gasteiger partial charge on any atom is -0.490 e. The van der Waals surface area contributed by atoms with Gasteiger partial charge in [0, 0.05) is 63.6 Å². The quantitative estimate of drug-likeness (QED) is 0.0324. The third kappa shape index (κ3) is 20.4. The highest BCUT2D eigenvalue weighted by Gasteiger charge is 2.08. The Morgan fingerprint density at radius 2 is 0.875 bits per heavy atom. The van der Waals surface area contributed by atoms with Crippen LogP contribution in [-0.2, 0) is 55.7 Å². The van der Waals surface area contributed by atoms with E-state index in [1.54, 1.807) is 12.2 Å². The second kappa shape index (κ2) is 33.3. The van der Waals surface area contributed by atoms with Gasteiger partial charge in [0.1, 0.15) is 24.7 Å². The lowest BCUT2D eigenvalue weighted by Gasteiger charge is -2.12. The van der Waals surface area contributed by atoms with Crippen LogP contribution in [-0.4, -0.2) is 13.2 Å². The largest absolute Gasteiger partial charge is 0.490 e. The van der Waals surface area contributed by atoms with Gasteiger partial charge in [-0.15, -0.1) is 0 Å². The number of benzene rings is 4. The number of para-hydroxylation sites is 1. The number of rotatable bonds is 18. The van der Waals surface area contributed by atoms with E-state index in [1.807, 2.05) is 48.5 Å². The molecule has 4 aromatic rings. The van der Waals surface area contributed by atoms with Crippen molar-refractivity contribution < 1.29 is 9.47 Å². The Balaban J connectivity index is 0.000000373. The van der Waals surface area contributed by atoms with E-state index >= 15 is 0 Å². The fourth-order valence-corrected chi connectivity index (χ4v) is 7.97. The van der Waals surface area contributed by atoms with Crippen molar-refractivity contribution >= 4 is 127 Å². The predicted octanol–water partition coefficient (Wildman–Crippen LogP) is 16.7. The van der Waals surface area contributed by atoms with E-state index in [4.69, 9.17) is 20.5 Å². The monoisotopic (exact) mass is 1270 g/mol. The zero-order chi connectivity index (χ0) is 41.6. The molecule has 0 atom stereocenters. The van der Waals surface area contributed by atoms with Crippen LogP contribution < -0.4 is 9.47 Å². The molecule has 56 heavy (non-hydrogen) atoms. The lowest BCUT2D eigenvalue weighted by molar-refractivity contribution is 0.357. The van der Waals surface area contributed by atoms with Crippen molar-refractivity contribution in [2.75, 3.05) is 13.2 Å². The first-order valence-corrected chi connectivity index (χ1v) is 25.6. The van der Waals surface area contributed by atoms with Crippen LogP contribution in [0.1, 0.15) is 55.6 Å². The first-order chi connectivity index (χ1) is 27.2. The topological polar surface area (TPSA) is 116 Å². The zero-order valence-corrected chi connectivity index (χ0v) is 43.2. The van der Waals surface area contributed by atoms with Crippen LogP contribution in [0.4, 0.5) is 0 Å². The van der Waals surface area contributed by atoms with Gasteiger partial charge in [-0.25, -0.2) is 0 Å². The minimum atomic E-state index is 0.414. The van der Waals surface area contributed by atoms with Crippen LogP contribution in [0.15, 0.2) is 108 Å². The Bertz CT molecular complexity index is 1800. The van der Waals surface area contributed by atoms with Crippen molar-refractivity contribution in [1.29, 1.82) is 0 Å². The lowest BCUT2D eigenvalue weighted by Crippen LogP contribution is -1.99. The summed E-state index contributed by atoms with van der Waals surface area (Å²) in [6.45, 7) is 9.18. The second-order valence-corrected chi connectivity index (χ2v) is 15.6. The third-order valence-electron chi connectivity index (χ3n) is 7.20. The Morgan fingerprint density at radius 1 is 0.500 bits per heavy atom. The van der Waals surface area contributed by atoms with Gasteiger partial charge in [0.25, 0.3) is 0 Å². The van der Waals surface area contributed by atoms with Gasteiger partial charge in [-0.2, -0.15) is 0 Å². The van der Waals surface area contributed by atoms with Crippen molar-refractivity contribution in [2.45, 2.75) is 55.7 Å². The molecule has 0 radical (unpaired) electrons. The summed E-state index contributed by atoms with van der Waals surface area (Å²) in [5, 5.41) is 13.6. The molecule has 0 fully saturated rings. The van der Waals surface area contributed by atoms with Gasteiger partial charge in [-0.1, -0.05) is 224 Å². The number of hydrogen-bond acceptors (Lipinski definition) is 4. The number of halogens is 8. The summed E-state index contributed by atoms with van der Waals surface area (Å²) in [5.41, 5.74) is 28.2.